The van der Waals surface area contributed by atoms with Crippen molar-refractivity contribution in [3.8, 4) is 11.5 Å². The van der Waals surface area contributed by atoms with Gasteiger partial charge in [0.2, 0.25) is 5.91 Å². The minimum Gasteiger partial charge on any atom is -0.489 e. The van der Waals surface area contributed by atoms with Gasteiger partial charge in [0, 0.05) is 13.0 Å². The Kier molecular flexibility index (Phi) is 4.38. The zero-order valence-electron chi connectivity index (χ0n) is 11.7. The van der Waals surface area contributed by atoms with E-state index >= 15 is 0 Å². The zero-order valence-corrected chi connectivity index (χ0v) is 12.4. The van der Waals surface area contributed by atoms with E-state index in [-0.39, 0.29) is 12.5 Å². The summed E-state index contributed by atoms with van der Waals surface area (Å²) < 4.78 is 12.5. The molecule has 1 aliphatic heterocycles. The third kappa shape index (κ3) is 3.45. The Labute approximate surface area is 131 Å². The molecule has 0 aliphatic carbocycles. The van der Waals surface area contributed by atoms with Crippen LogP contribution in [-0.2, 0) is 17.9 Å². The fourth-order valence-corrected chi connectivity index (χ4v) is 2.33. The number of amides is 1. The summed E-state index contributed by atoms with van der Waals surface area (Å²) in [7, 11) is 0. The van der Waals surface area contributed by atoms with Crippen molar-refractivity contribution in [3.05, 3.63) is 29.0 Å². The summed E-state index contributed by atoms with van der Waals surface area (Å²) in [6, 6.07) is 3.58. The molecule has 9 heteroatoms. The standard InChI is InChI=1S/C13H14ClN5O3/c14-10-4-9(5-11-13(10)22-3-1-2-21-11)6-15-12(20)7-19-8-16-17-18-19/h4-5,8H,1-3,6-7H2,(H,15,20). The Morgan fingerprint density at radius 2 is 2.23 bits per heavy atom. The predicted octanol–water partition coefficient (Wildman–Crippen LogP) is 0.804. The van der Waals surface area contributed by atoms with Crippen molar-refractivity contribution in [3.63, 3.8) is 0 Å². The number of nitrogens with zero attached hydrogens (tertiary/aromatic N) is 4. The smallest absolute Gasteiger partial charge is 0.242 e. The summed E-state index contributed by atoms with van der Waals surface area (Å²) in [4.78, 5) is 11.8. The lowest BCUT2D eigenvalue weighted by Gasteiger charge is -2.12. The van der Waals surface area contributed by atoms with Crippen molar-refractivity contribution in [1.29, 1.82) is 0 Å². The molecule has 0 atom stereocenters. The van der Waals surface area contributed by atoms with Crippen molar-refractivity contribution in [1.82, 2.24) is 25.5 Å². The summed E-state index contributed by atoms with van der Waals surface area (Å²) >= 11 is 6.20. The first-order valence-corrected chi connectivity index (χ1v) is 7.15. The maximum atomic E-state index is 11.8. The number of carbonyl (C=O) groups excluding carboxylic acids is 1. The van der Waals surface area contributed by atoms with Crippen LogP contribution in [0, 0.1) is 0 Å². The fourth-order valence-electron chi connectivity index (χ4n) is 2.04. The lowest BCUT2D eigenvalue weighted by molar-refractivity contribution is -0.122. The maximum Gasteiger partial charge on any atom is 0.242 e. The highest BCUT2D eigenvalue weighted by Crippen LogP contribution is 2.37. The first-order chi connectivity index (χ1) is 10.7. The summed E-state index contributed by atoms with van der Waals surface area (Å²) in [5.41, 5.74) is 0.833. The van der Waals surface area contributed by atoms with Gasteiger partial charge in [0.05, 0.1) is 18.2 Å². The first-order valence-electron chi connectivity index (χ1n) is 6.78. The monoisotopic (exact) mass is 323 g/mol. The Hall–Kier alpha value is -2.35. The molecule has 0 spiro atoms. The summed E-state index contributed by atoms with van der Waals surface area (Å²) in [5.74, 6) is 0.966. The number of hydrogen-bond donors (Lipinski definition) is 1. The molecule has 0 saturated heterocycles. The highest BCUT2D eigenvalue weighted by molar-refractivity contribution is 6.32. The maximum absolute atomic E-state index is 11.8. The van der Waals surface area contributed by atoms with Crippen LogP contribution in [0.2, 0.25) is 5.02 Å². The summed E-state index contributed by atoms with van der Waals surface area (Å²) in [6.45, 7) is 1.55. The first kappa shape index (κ1) is 14.6. The Bertz CT molecular complexity index is 662. The van der Waals surface area contributed by atoms with E-state index in [1.807, 2.05) is 6.07 Å². The lowest BCUT2D eigenvalue weighted by atomic mass is 10.2. The average Bonchev–Trinajstić information content (AvgIpc) is 2.88. The number of fused-ring (bicyclic) bond motifs is 1. The molecule has 3 rings (SSSR count). The van der Waals surface area contributed by atoms with Crippen molar-refractivity contribution >= 4 is 17.5 Å². The van der Waals surface area contributed by atoms with Gasteiger partial charge >= 0.3 is 0 Å². The molecule has 0 saturated carbocycles. The third-order valence-corrected chi connectivity index (χ3v) is 3.33. The topological polar surface area (TPSA) is 91.2 Å². The summed E-state index contributed by atoms with van der Waals surface area (Å²) in [6.07, 6.45) is 2.19. The minimum atomic E-state index is -0.199. The van der Waals surface area contributed by atoms with E-state index in [0.717, 1.165) is 12.0 Å². The number of nitrogens with one attached hydrogen (secondary N) is 1. The van der Waals surface area contributed by atoms with Crippen LogP contribution in [0.4, 0.5) is 0 Å². The van der Waals surface area contributed by atoms with Crippen LogP contribution in [0.25, 0.3) is 0 Å². The summed E-state index contributed by atoms with van der Waals surface area (Å²) in [5, 5.41) is 13.8. The van der Waals surface area contributed by atoms with E-state index in [9.17, 15) is 4.79 Å². The highest BCUT2D eigenvalue weighted by atomic mass is 35.5. The number of ether oxygens (including phenoxy) is 2. The van der Waals surface area contributed by atoms with Crippen LogP contribution in [0.5, 0.6) is 11.5 Å². The second-order valence-corrected chi connectivity index (χ2v) is 5.15. The van der Waals surface area contributed by atoms with E-state index in [1.165, 1.54) is 11.0 Å². The van der Waals surface area contributed by atoms with Gasteiger partial charge in [-0.1, -0.05) is 11.6 Å². The lowest BCUT2D eigenvalue weighted by Crippen LogP contribution is -2.27. The van der Waals surface area contributed by atoms with Gasteiger partial charge in [0.15, 0.2) is 11.5 Å². The van der Waals surface area contributed by atoms with E-state index in [2.05, 4.69) is 20.8 Å². The zero-order chi connectivity index (χ0) is 15.4. The predicted molar refractivity (Wildman–Crippen MR) is 76.7 cm³/mol. The molecule has 1 aliphatic rings. The molecule has 1 aromatic carbocycles. The average molecular weight is 324 g/mol. The van der Waals surface area contributed by atoms with Crippen LogP contribution in [-0.4, -0.2) is 39.3 Å². The quantitative estimate of drug-likeness (QED) is 0.895. The molecular weight excluding hydrogens is 310 g/mol. The molecule has 22 heavy (non-hydrogen) atoms. The van der Waals surface area contributed by atoms with Gasteiger partial charge < -0.3 is 14.8 Å². The molecule has 2 aromatic rings. The van der Waals surface area contributed by atoms with E-state index in [0.29, 0.717) is 36.3 Å². The van der Waals surface area contributed by atoms with Crippen molar-refractivity contribution < 1.29 is 14.3 Å². The highest BCUT2D eigenvalue weighted by Gasteiger charge is 2.16. The van der Waals surface area contributed by atoms with E-state index < -0.39 is 0 Å². The molecule has 0 radical (unpaired) electrons. The van der Waals surface area contributed by atoms with Crippen LogP contribution in [0.1, 0.15) is 12.0 Å². The Morgan fingerprint density at radius 1 is 1.36 bits per heavy atom. The van der Waals surface area contributed by atoms with Gasteiger partial charge in [0.25, 0.3) is 0 Å². The van der Waals surface area contributed by atoms with Crippen molar-refractivity contribution in [2.24, 2.45) is 0 Å². The van der Waals surface area contributed by atoms with E-state index in [1.54, 1.807) is 6.07 Å². The number of rotatable bonds is 4. The largest absolute Gasteiger partial charge is 0.489 e. The van der Waals surface area contributed by atoms with Gasteiger partial charge in [-0.15, -0.1) is 5.10 Å². The van der Waals surface area contributed by atoms with Crippen molar-refractivity contribution in [2.45, 2.75) is 19.5 Å². The number of halogens is 1. The van der Waals surface area contributed by atoms with E-state index in [4.69, 9.17) is 21.1 Å². The number of hydrogen-bond acceptors (Lipinski definition) is 6. The fraction of sp³-hybridized carbons (Fsp3) is 0.385. The van der Waals surface area contributed by atoms with Gasteiger partial charge in [0.1, 0.15) is 12.9 Å². The minimum absolute atomic E-state index is 0.0608. The van der Waals surface area contributed by atoms with Crippen LogP contribution < -0.4 is 14.8 Å². The SMILES string of the molecule is O=C(Cn1cnnn1)NCc1cc(Cl)c2c(c1)OCCCO2. The van der Waals surface area contributed by atoms with Crippen LogP contribution >= 0.6 is 11.6 Å². The molecular formula is C13H14ClN5O3. The van der Waals surface area contributed by atoms with Gasteiger partial charge in [-0.25, -0.2) is 4.68 Å². The molecule has 0 bridgehead atoms. The molecule has 116 valence electrons. The molecule has 1 amide bonds. The Balaban J connectivity index is 1.64. The molecule has 0 unspecified atom stereocenters. The number of tetrazole rings is 1. The third-order valence-electron chi connectivity index (χ3n) is 3.05. The van der Waals surface area contributed by atoms with Crippen LogP contribution in [0.15, 0.2) is 18.5 Å². The van der Waals surface area contributed by atoms with Gasteiger partial charge in [-0.3, -0.25) is 4.79 Å². The van der Waals surface area contributed by atoms with Crippen molar-refractivity contribution in [2.75, 3.05) is 13.2 Å². The van der Waals surface area contributed by atoms with Gasteiger partial charge in [-0.05, 0) is 28.1 Å². The van der Waals surface area contributed by atoms with Crippen LogP contribution in [0.3, 0.4) is 0 Å². The molecule has 2 heterocycles. The molecule has 1 aromatic heterocycles. The Morgan fingerprint density at radius 3 is 3.05 bits per heavy atom. The van der Waals surface area contributed by atoms with Gasteiger partial charge in [-0.2, -0.15) is 0 Å². The number of aromatic nitrogens is 4. The normalized spacial score (nSPS) is 13.5. The molecule has 0 fully saturated rings. The molecule has 1 N–H and O–H groups in total. The number of carbonyl (C=O) groups is 1. The molecule has 8 nitrogen and oxygen atoms in total. The number of benzene rings is 1. The second-order valence-electron chi connectivity index (χ2n) is 4.74. The second kappa shape index (κ2) is 6.61.